The highest BCUT2D eigenvalue weighted by molar-refractivity contribution is 5.96. The summed E-state index contributed by atoms with van der Waals surface area (Å²) in [5, 5.41) is 18.4. The molecule has 1 aromatic carbocycles. The third-order valence-corrected chi connectivity index (χ3v) is 2.99. The Morgan fingerprint density at radius 3 is 1.92 bits per heavy atom. The van der Waals surface area contributed by atoms with Gasteiger partial charge in [0.05, 0.1) is 11.1 Å². The predicted molar refractivity (Wildman–Crippen MR) is 89.3 cm³/mol. The monoisotopic (exact) mass is 360 g/mol. The molecule has 8 nitrogen and oxygen atoms in total. The van der Waals surface area contributed by atoms with Gasteiger partial charge in [-0.15, -0.1) is 0 Å². The molecule has 0 saturated heterocycles. The average molecular weight is 360 g/mol. The smallest absolute Gasteiger partial charge is 0.349 e. The maximum absolute atomic E-state index is 12.0. The number of benzene rings is 1. The van der Waals surface area contributed by atoms with E-state index >= 15 is 0 Å². The van der Waals surface area contributed by atoms with Crippen LogP contribution in [0.5, 0.6) is 0 Å². The molecule has 0 aliphatic heterocycles. The Kier molecular flexibility index (Phi) is 7.50. The first-order valence-corrected chi connectivity index (χ1v) is 7.19. The lowest BCUT2D eigenvalue weighted by Crippen LogP contribution is -2.46. The number of hydrogen-bond donors (Lipinski definition) is 2. The minimum Gasteiger partial charge on any atom is -0.478 e. The number of allylic oxidation sites excluding steroid dienone is 2. The third kappa shape index (κ3) is 5.45. The number of aliphatic carboxylic acids is 2. The standard InChI is InChI=1S/C18H16O8/c1-3-8-11(4-2)17(23)25-13(15(19)20)14(16(21)22)26-18(24)12-9-6-5-7-10-12/h3-10,13-14H,1-2H2,(H,19,20)(H,21,22). The molecule has 0 aliphatic rings. The molecule has 0 heterocycles. The van der Waals surface area contributed by atoms with Crippen LogP contribution in [0.1, 0.15) is 10.4 Å². The van der Waals surface area contributed by atoms with Crippen molar-refractivity contribution in [1.82, 2.24) is 0 Å². The second-order valence-electron chi connectivity index (χ2n) is 4.76. The molecule has 2 N–H and O–H groups in total. The zero-order chi connectivity index (χ0) is 19.7. The molecule has 0 aliphatic carbocycles. The van der Waals surface area contributed by atoms with Gasteiger partial charge in [0.15, 0.2) is 0 Å². The molecule has 0 spiro atoms. The van der Waals surface area contributed by atoms with Crippen LogP contribution in [0.4, 0.5) is 0 Å². The number of ether oxygens (including phenoxy) is 2. The van der Waals surface area contributed by atoms with Crippen molar-refractivity contribution in [3.63, 3.8) is 0 Å². The SMILES string of the molecule is C=CC=C(C=C)C(=O)OC(C(=O)O)C(OC(=O)c1ccccc1)C(=O)O. The summed E-state index contributed by atoms with van der Waals surface area (Å²) in [5.74, 6) is -5.82. The van der Waals surface area contributed by atoms with Crippen molar-refractivity contribution in [3.8, 4) is 0 Å². The summed E-state index contributed by atoms with van der Waals surface area (Å²) in [4.78, 5) is 46.7. The minimum atomic E-state index is -2.26. The number of carboxylic acids is 2. The van der Waals surface area contributed by atoms with E-state index in [2.05, 4.69) is 13.2 Å². The highest BCUT2D eigenvalue weighted by Gasteiger charge is 2.41. The maximum atomic E-state index is 12.0. The lowest BCUT2D eigenvalue weighted by molar-refractivity contribution is -0.176. The van der Waals surface area contributed by atoms with Crippen LogP contribution >= 0.6 is 0 Å². The number of rotatable bonds is 9. The summed E-state index contributed by atoms with van der Waals surface area (Å²) < 4.78 is 9.43. The summed E-state index contributed by atoms with van der Waals surface area (Å²) in [7, 11) is 0. The summed E-state index contributed by atoms with van der Waals surface area (Å²) in [6.45, 7) is 6.72. The van der Waals surface area contributed by atoms with Crippen molar-refractivity contribution in [3.05, 3.63) is 72.9 Å². The van der Waals surface area contributed by atoms with Crippen molar-refractivity contribution in [2.75, 3.05) is 0 Å². The van der Waals surface area contributed by atoms with Crippen molar-refractivity contribution >= 4 is 23.9 Å². The summed E-state index contributed by atoms with van der Waals surface area (Å²) in [6, 6.07) is 7.35. The van der Waals surface area contributed by atoms with Crippen molar-refractivity contribution < 1.29 is 38.9 Å². The van der Waals surface area contributed by atoms with Crippen LogP contribution in [0.25, 0.3) is 0 Å². The molecule has 0 radical (unpaired) electrons. The molecular formula is C18H16O8. The molecule has 0 bridgehead atoms. The van der Waals surface area contributed by atoms with E-state index in [4.69, 9.17) is 9.47 Å². The van der Waals surface area contributed by atoms with E-state index < -0.39 is 36.1 Å². The van der Waals surface area contributed by atoms with Crippen LogP contribution in [0.15, 0.2) is 67.3 Å². The molecule has 0 aromatic heterocycles. The van der Waals surface area contributed by atoms with Crippen molar-refractivity contribution in [2.45, 2.75) is 12.2 Å². The lowest BCUT2D eigenvalue weighted by Gasteiger charge is -2.21. The summed E-state index contributed by atoms with van der Waals surface area (Å²) in [5.41, 5.74) is -0.141. The Balaban J connectivity index is 3.07. The largest absolute Gasteiger partial charge is 0.478 e. The minimum absolute atomic E-state index is 0.00699. The Morgan fingerprint density at radius 2 is 1.46 bits per heavy atom. The molecule has 136 valence electrons. The second kappa shape index (κ2) is 9.58. The number of esters is 2. The highest BCUT2D eigenvalue weighted by atomic mass is 16.6. The quantitative estimate of drug-likeness (QED) is 0.386. The van der Waals surface area contributed by atoms with Crippen molar-refractivity contribution in [1.29, 1.82) is 0 Å². The van der Waals surface area contributed by atoms with Crippen LogP contribution in [-0.2, 0) is 23.9 Å². The third-order valence-electron chi connectivity index (χ3n) is 2.99. The zero-order valence-corrected chi connectivity index (χ0v) is 13.5. The van der Waals surface area contributed by atoms with Gasteiger partial charge in [-0.3, -0.25) is 0 Å². The van der Waals surface area contributed by atoms with E-state index in [1.54, 1.807) is 6.07 Å². The molecule has 0 fully saturated rings. The van der Waals surface area contributed by atoms with E-state index in [9.17, 15) is 29.4 Å². The van der Waals surface area contributed by atoms with E-state index in [-0.39, 0.29) is 11.1 Å². The van der Waals surface area contributed by atoms with Crippen LogP contribution in [0.3, 0.4) is 0 Å². The van der Waals surface area contributed by atoms with Crippen LogP contribution in [-0.4, -0.2) is 46.3 Å². The van der Waals surface area contributed by atoms with E-state index in [1.165, 1.54) is 36.4 Å². The first-order valence-electron chi connectivity index (χ1n) is 7.19. The second-order valence-corrected chi connectivity index (χ2v) is 4.76. The normalized spacial score (nSPS) is 13.0. The zero-order valence-electron chi connectivity index (χ0n) is 13.5. The van der Waals surface area contributed by atoms with Gasteiger partial charge in [-0.1, -0.05) is 43.5 Å². The van der Waals surface area contributed by atoms with Gasteiger partial charge in [0.1, 0.15) is 0 Å². The van der Waals surface area contributed by atoms with Gasteiger partial charge in [0.25, 0.3) is 0 Å². The van der Waals surface area contributed by atoms with E-state index in [0.717, 1.165) is 6.08 Å². The van der Waals surface area contributed by atoms with Crippen LogP contribution in [0, 0.1) is 0 Å². The predicted octanol–water partition coefficient (Wildman–Crippen LogP) is 1.59. The number of carbonyl (C=O) groups is 4. The molecule has 26 heavy (non-hydrogen) atoms. The fourth-order valence-corrected chi connectivity index (χ4v) is 1.77. The molecule has 2 atom stereocenters. The Hall–Kier alpha value is -3.68. The van der Waals surface area contributed by atoms with Gasteiger partial charge >= 0.3 is 23.9 Å². The van der Waals surface area contributed by atoms with E-state index in [1.807, 2.05) is 0 Å². The fraction of sp³-hybridized carbons (Fsp3) is 0.111. The molecule has 1 rings (SSSR count). The van der Waals surface area contributed by atoms with Gasteiger partial charge in [-0.25, -0.2) is 19.2 Å². The maximum Gasteiger partial charge on any atom is 0.349 e. The van der Waals surface area contributed by atoms with Gasteiger partial charge in [0, 0.05) is 0 Å². The van der Waals surface area contributed by atoms with Gasteiger partial charge in [-0.2, -0.15) is 0 Å². The molecule has 0 saturated carbocycles. The first-order chi connectivity index (χ1) is 12.3. The van der Waals surface area contributed by atoms with Gasteiger partial charge < -0.3 is 19.7 Å². The molecule has 8 heteroatoms. The number of carboxylic acid groups (broad SMARTS) is 2. The Bertz CT molecular complexity index is 748. The highest BCUT2D eigenvalue weighted by Crippen LogP contribution is 2.13. The topological polar surface area (TPSA) is 127 Å². The molecule has 1 aromatic rings. The van der Waals surface area contributed by atoms with E-state index in [0.29, 0.717) is 0 Å². The Morgan fingerprint density at radius 1 is 0.923 bits per heavy atom. The molecular weight excluding hydrogens is 344 g/mol. The lowest BCUT2D eigenvalue weighted by atomic mass is 10.1. The first kappa shape index (κ1) is 20.4. The summed E-state index contributed by atoms with van der Waals surface area (Å²) in [6.07, 6.45) is -1.01. The molecule has 2 unspecified atom stereocenters. The summed E-state index contributed by atoms with van der Waals surface area (Å²) >= 11 is 0. The number of carbonyl (C=O) groups excluding carboxylic acids is 2. The van der Waals surface area contributed by atoms with Gasteiger partial charge in [-0.05, 0) is 18.2 Å². The average Bonchev–Trinajstić information content (AvgIpc) is 2.62. The number of hydrogen-bond acceptors (Lipinski definition) is 6. The van der Waals surface area contributed by atoms with Crippen LogP contribution < -0.4 is 0 Å². The van der Waals surface area contributed by atoms with Gasteiger partial charge in [0.2, 0.25) is 12.2 Å². The van der Waals surface area contributed by atoms with Crippen molar-refractivity contribution in [2.24, 2.45) is 0 Å². The van der Waals surface area contributed by atoms with Crippen LogP contribution in [0.2, 0.25) is 0 Å². The molecule has 0 amide bonds. The fourth-order valence-electron chi connectivity index (χ4n) is 1.77. The Labute approximate surface area is 148 Å².